The molecule has 0 aliphatic carbocycles. The van der Waals surface area contributed by atoms with Crippen molar-refractivity contribution in [2.45, 2.75) is 6.61 Å². The minimum atomic E-state index is -0.544. The van der Waals surface area contributed by atoms with Crippen molar-refractivity contribution in [1.29, 1.82) is 0 Å². The van der Waals surface area contributed by atoms with Crippen molar-refractivity contribution in [3.63, 3.8) is 0 Å². The third kappa shape index (κ3) is 3.12. The predicted octanol–water partition coefficient (Wildman–Crippen LogP) is 4.85. The van der Waals surface area contributed by atoms with E-state index in [1.54, 1.807) is 12.1 Å². The quantitative estimate of drug-likeness (QED) is 0.254. The highest BCUT2D eigenvalue weighted by atomic mass is 16.5. The number of ether oxygens (including phenoxy) is 1. The van der Waals surface area contributed by atoms with E-state index in [0.717, 1.165) is 27.1 Å². The summed E-state index contributed by atoms with van der Waals surface area (Å²) in [4.78, 5) is 28.9. The summed E-state index contributed by atoms with van der Waals surface area (Å²) in [6.45, 7) is -0.0521. The number of fused-ring (bicyclic) bond motifs is 4. The molecular weight excluding hydrogens is 366 g/mol. The van der Waals surface area contributed by atoms with Gasteiger partial charge in [-0.25, -0.2) is 14.6 Å². The molecule has 0 amide bonds. The molecule has 0 atom stereocenters. The summed E-state index contributed by atoms with van der Waals surface area (Å²) in [6, 6.07) is 23.8. The third-order valence-corrected chi connectivity index (χ3v) is 4.88. The molecule has 0 unspecified atom stereocenters. The van der Waals surface area contributed by atoms with Crippen LogP contribution in [0.15, 0.2) is 88.1 Å². The Morgan fingerprint density at radius 1 is 0.897 bits per heavy atom. The highest BCUT2D eigenvalue weighted by Gasteiger charge is 2.14. The zero-order valence-electron chi connectivity index (χ0n) is 15.3. The van der Waals surface area contributed by atoms with Crippen LogP contribution in [0.3, 0.4) is 0 Å². The van der Waals surface area contributed by atoms with Gasteiger partial charge in [0.25, 0.3) is 0 Å². The molecule has 0 aliphatic rings. The molecule has 5 heteroatoms. The molecule has 0 spiro atoms. The molecule has 0 fully saturated rings. The fourth-order valence-electron chi connectivity index (χ4n) is 3.53. The molecule has 5 rings (SSSR count). The van der Waals surface area contributed by atoms with Crippen molar-refractivity contribution in [2.24, 2.45) is 0 Å². The first kappa shape index (κ1) is 17.1. The Bertz CT molecular complexity index is 1450. The molecular formula is C24H15NO4. The normalized spacial score (nSPS) is 11.2. The number of rotatable bonds is 3. The van der Waals surface area contributed by atoms with Gasteiger partial charge in [-0.1, -0.05) is 54.6 Å². The monoisotopic (exact) mass is 381 g/mol. The van der Waals surface area contributed by atoms with Gasteiger partial charge < -0.3 is 9.15 Å². The summed E-state index contributed by atoms with van der Waals surface area (Å²) in [7, 11) is 0. The SMILES string of the molecule is O=C(OCc1cc(=O)oc2ccc3ccccc3c12)c1ccc2ccccc2n1. The lowest BCUT2D eigenvalue weighted by atomic mass is 10.0. The molecule has 0 radical (unpaired) electrons. The van der Waals surface area contributed by atoms with Crippen LogP contribution < -0.4 is 5.63 Å². The van der Waals surface area contributed by atoms with Crippen LogP contribution in [0.25, 0.3) is 32.6 Å². The maximum Gasteiger partial charge on any atom is 0.357 e. The smallest absolute Gasteiger partial charge is 0.357 e. The number of nitrogens with zero attached hydrogens (tertiary/aromatic N) is 1. The lowest BCUT2D eigenvalue weighted by Gasteiger charge is -2.09. The average molecular weight is 381 g/mol. The summed E-state index contributed by atoms with van der Waals surface area (Å²) in [5.41, 5.74) is 1.52. The van der Waals surface area contributed by atoms with E-state index in [9.17, 15) is 9.59 Å². The zero-order chi connectivity index (χ0) is 19.8. The van der Waals surface area contributed by atoms with Gasteiger partial charge in [-0.3, -0.25) is 0 Å². The second-order valence-corrected chi connectivity index (χ2v) is 6.72. The summed E-state index contributed by atoms with van der Waals surface area (Å²) in [5, 5.41) is 3.66. The van der Waals surface area contributed by atoms with E-state index in [-0.39, 0.29) is 12.3 Å². The molecule has 2 heterocycles. The summed E-state index contributed by atoms with van der Waals surface area (Å²) in [5.74, 6) is -0.544. The number of esters is 1. The minimum absolute atomic E-state index is 0.0521. The van der Waals surface area contributed by atoms with E-state index < -0.39 is 11.6 Å². The largest absolute Gasteiger partial charge is 0.456 e. The second kappa shape index (κ2) is 6.87. The molecule has 0 bridgehead atoms. The Hall–Kier alpha value is -3.99. The molecule has 0 saturated carbocycles. The Morgan fingerprint density at radius 3 is 2.55 bits per heavy atom. The maximum atomic E-state index is 12.6. The predicted molar refractivity (Wildman–Crippen MR) is 111 cm³/mol. The molecule has 0 saturated heterocycles. The van der Waals surface area contributed by atoms with Gasteiger partial charge in [0.15, 0.2) is 0 Å². The summed E-state index contributed by atoms with van der Waals surface area (Å²) < 4.78 is 10.8. The Balaban J connectivity index is 1.52. The molecule has 0 aliphatic heterocycles. The molecule has 3 aromatic carbocycles. The Kier molecular flexibility index (Phi) is 4.06. The molecule has 5 nitrogen and oxygen atoms in total. The van der Waals surface area contributed by atoms with Gasteiger partial charge >= 0.3 is 11.6 Å². The number of carbonyl (C=O) groups is 1. The van der Waals surface area contributed by atoms with Crippen LogP contribution in [0, 0.1) is 0 Å². The topological polar surface area (TPSA) is 69.4 Å². The first-order valence-electron chi connectivity index (χ1n) is 9.16. The average Bonchev–Trinajstić information content (AvgIpc) is 2.76. The van der Waals surface area contributed by atoms with E-state index in [1.807, 2.05) is 60.7 Å². The number of hydrogen-bond acceptors (Lipinski definition) is 5. The number of hydrogen-bond donors (Lipinski definition) is 0. The van der Waals surface area contributed by atoms with E-state index in [4.69, 9.17) is 9.15 Å². The van der Waals surface area contributed by atoms with Crippen molar-refractivity contribution in [3.8, 4) is 0 Å². The number of benzene rings is 3. The van der Waals surface area contributed by atoms with Crippen LogP contribution >= 0.6 is 0 Å². The summed E-state index contributed by atoms with van der Waals surface area (Å²) in [6.07, 6.45) is 0. The van der Waals surface area contributed by atoms with Crippen molar-refractivity contribution >= 4 is 38.6 Å². The summed E-state index contributed by atoms with van der Waals surface area (Å²) >= 11 is 0. The first-order chi connectivity index (χ1) is 14.2. The minimum Gasteiger partial charge on any atom is -0.456 e. The van der Waals surface area contributed by atoms with Gasteiger partial charge in [0.05, 0.1) is 5.52 Å². The van der Waals surface area contributed by atoms with Gasteiger partial charge in [-0.2, -0.15) is 0 Å². The lowest BCUT2D eigenvalue weighted by molar-refractivity contribution is 0.0467. The fraction of sp³-hybridized carbons (Fsp3) is 0.0417. The van der Waals surface area contributed by atoms with Crippen LogP contribution in [0.4, 0.5) is 0 Å². The van der Waals surface area contributed by atoms with Crippen LogP contribution in [0.1, 0.15) is 16.1 Å². The van der Waals surface area contributed by atoms with Crippen molar-refractivity contribution in [1.82, 2.24) is 4.98 Å². The van der Waals surface area contributed by atoms with Crippen molar-refractivity contribution in [2.75, 3.05) is 0 Å². The number of pyridine rings is 1. The van der Waals surface area contributed by atoms with Gasteiger partial charge in [-0.05, 0) is 29.0 Å². The van der Waals surface area contributed by atoms with Crippen molar-refractivity contribution < 1.29 is 13.9 Å². The van der Waals surface area contributed by atoms with Gasteiger partial charge in [0.2, 0.25) is 0 Å². The van der Waals surface area contributed by atoms with Crippen LogP contribution in [-0.4, -0.2) is 11.0 Å². The third-order valence-electron chi connectivity index (χ3n) is 4.88. The van der Waals surface area contributed by atoms with Gasteiger partial charge in [0.1, 0.15) is 17.9 Å². The van der Waals surface area contributed by atoms with E-state index in [0.29, 0.717) is 11.1 Å². The van der Waals surface area contributed by atoms with E-state index >= 15 is 0 Å². The van der Waals surface area contributed by atoms with Crippen LogP contribution in [0.5, 0.6) is 0 Å². The molecule has 2 aromatic heterocycles. The first-order valence-corrected chi connectivity index (χ1v) is 9.16. The van der Waals surface area contributed by atoms with Crippen molar-refractivity contribution in [3.05, 3.63) is 101 Å². The number of aromatic nitrogens is 1. The number of carbonyl (C=O) groups excluding carboxylic acids is 1. The highest BCUT2D eigenvalue weighted by Crippen LogP contribution is 2.28. The molecule has 29 heavy (non-hydrogen) atoms. The van der Waals surface area contributed by atoms with Crippen LogP contribution in [-0.2, 0) is 11.3 Å². The maximum absolute atomic E-state index is 12.6. The van der Waals surface area contributed by atoms with E-state index in [1.165, 1.54) is 6.07 Å². The standard InChI is InChI=1S/C24H15NO4/c26-22-13-17(23-18-7-3-1-5-15(18)10-12-21(23)29-22)14-28-24(27)20-11-9-16-6-2-4-8-19(16)25-20/h1-13H,14H2. The second-order valence-electron chi connectivity index (χ2n) is 6.72. The molecule has 0 N–H and O–H groups in total. The Labute approximate surface area is 165 Å². The van der Waals surface area contributed by atoms with Gasteiger partial charge in [0, 0.05) is 22.4 Å². The van der Waals surface area contributed by atoms with Crippen LogP contribution in [0.2, 0.25) is 0 Å². The Morgan fingerprint density at radius 2 is 1.66 bits per heavy atom. The zero-order valence-corrected chi connectivity index (χ0v) is 15.3. The van der Waals surface area contributed by atoms with E-state index in [2.05, 4.69) is 4.98 Å². The van der Waals surface area contributed by atoms with Gasteiger partial charge in [-0.15, -0.1) is 0 Å². The fourth-order valence-corrected chi connectivity index (χ4v) is 3.53. The highest BCUT2D eigenvalue weighted by molar-refractivity contribution is 6.07. The molecule has 5 aromatic rings. The number of para-hydroxylation sites is 1. The molecule has 140 valence electrons. The lowest BCUT2D eigenvalue weighted by Crippen LogP contribution is -2.09.